The molecule has 0 bridgehead atoms. The smallest absolute Gasteiger partial charge is 0.130 e. The fourth-order valence-corrected chi connectivity index (χ4v) is 4.05. The van der Waals surface area contributed by atoms with Crippen molar-refractivity contribution in [2.45, 2.75) is 4.83 Å². The van der Waals surface area contributed by atoms with Gasteiger partial charge >= 0.3 is 0 Å². The van der Waals surface area contributed by atoms with Crippen LogP contribution in [0.1, 0.15) is 16.0 Å². The van der Waals surface area contributed by atoms with Crippen LogP contribution < -0.4 is 0 Å². The molecule has 1 heterocycles. The Bertz CT molecular complexity index is 536. The van der Waals surface area contributed by atoms with Crippen molar-refractivity contribution in [1.29, 1.82) is 0 Å². The molecule has 90 valence electrons. The van der Waals surface area contributed by atoms with E-state index in [-0.39, 0.29) is 5.56 Å². The van der Waals surface area contributed by atoms with Crippen LogP contribution in [0.25, 0.3) is 0 Å². The average Bonchev–Trinajstić information content (AvgIpc) is 2.57. The lowest BCUT2D eigenvalue weighted by Crippen LogP contribution is -1.99. The van der Waals surface area contributed by atoms with Crippen LogP contribution in [0.2, 0.25) is 8.67 Å². The zero-order valence-corrected chi connectivity index (χ0v) is 12.1. The average molecular weight is 358 g/mol. The Morgan fingerprint density at radius 2 is 1.76 bits per heavy atom. The van der Waals surface area contributed by atoms with Gasteiger partial charge in [-0.1, -0.05) is 45.2 Å². The summed E-state index contributed by atoms with van der Waals surface area (Å²) in [5.41, 5.74) is 0.495. The Morgan fingerprint density at radius 3 is 2.24 bits per heavy atom. The van der Waals surface area contributed by atoms with Gasteiger partial charge in [-0.05, 0) is 18.2 Å². The topological polar surface area (TPSA) is 0 Å². The van der Waals surface area contributed by atoms with Crippen LogP contribution in [-0.2, 0) is 0 Å². The summed E-state index contributed by atoms with van der Waals surface area (Å²) < 4.78 is 28.1. The Balaban J connectivity index is 2.51. The molecule has 0 amide bonds. The maximum atomic E-state index is 13.6. The van der Waals surface area contributed by atoms with Gasteiger partial charge in [0, 0.05) is 11.1 Å². The molecule has 0 aliphatic heterocycles. The summed E-state index contributed by atoms with van der Waals surface area (Å²) in [6, 6.07) is 5.32. The van der Waals surface area contributed by atoms with E-state index in [0.717, 1.165) is 11.3 Å². The molecule has 0 fully saturated rings. The molecular formula is C11H5BrCl2F2S. The fourth-order valence-electron chi connectivity index (χ4n) is 1.43. The van der Waals surface area contributed by atoms with Crippen molar-refractivity contribution in [3.05, 3.63) is 55.7 Å². The molecule has 1 aromatic heterocycles. The predicted octanol–water partition coefficient (Wildman–Crippen LogP) is 5.82. The zero-order chi connectivity index (χ0) is 12.6. The molecule has 2 aromatic rings. The van der Waals surface area contributed by atoms with Crippen LogP contribution in [0.4, 0.5) is 8.78 Å². The lowest BCUT2D eigenvalue weighted by Gasteiger charge is -2.11. The predicted molar refractivity (Wildman–Crippen MR) is 71.5 cm³/mol. The van der Waals surface area contributed by atoms with Crippen molar-refractivity contribution in [3.63, 3.8) is 0 Å². The number of hydrogen-bond acceptors (Lipinski definition) is 1. The molecule has 0 radical (unpaired) electrons. The van der Waals surface area contributed by atoms with Crippen molar-refractivity contribution in [2.24, 2.45) is 0 Å². The molecular weight excluding hydrogens is 353 g/mol. The quantitative estimate of drug-likeness (QED) is 0.594. The van der Waals surface area contributed by atoms with Gasteiger partial charge in [0.05, 0.1) is 13.5 Å². The first kappa shape index (κ1) is 13.3. The minimum absolute atomic E-state index is 0.0659. The SMILES string of the molecule is Fc1cccc(F)c1C(Br)c1cc(Cl)sc1Cl. The van der Waals surface area contributed by atoms with E-state index in [1.807, 2.05) is 0 Å². The van der Waals surface area contributed by atoms with E-state index in [1.54, 1.807) is 6.07 Å². The minimum Gasteiger partial charge on any atom is -0.207 e. The van der Waals surface area contributed by atoms with Gasteiger partial charge in [-0.3, -0.25) is 0 Å². The molecule has 0 spiro atoms. The van der Waals surface area contributed by atoms with Gasteiger partial charge in [0.1, 0.15) is 11.6 Å². The highest BCUT2D eigenvalue weighted by Gasteiger charge is 2.22. The van der Waals surface area contributed by atoms with E-state index in [0.29, 0.717) is 14.2 Å². The van der Waals surface area contributed by atoms with E-state index >= 15 is 0 Å². The number of halogens is 5. The number of hydrogen-bond donors (Lipinski definition) is 0. The van der Waals surface area contributed by atoms with Crippen LogP contribution in [0.3, 0.4) is 0 Å². The standard InChI is InChI=1S/C11H5BrCl2F2S/c12-10(5-4-8(13)17-11(5)14)9-6(15)2-1-3-7(9)16/h1-4,10H. The summed E-state index contributed by atoms with van der Waals surface area (Å²) in [4.78, 5) is -0.653. The van der Waals surface area contributed by atoms with Crippen molar-refractivity contribution >= 4 is 50.5 Å². The second kappa shape index (κ2) is 5.22. The summed E-state index contributed by atoms with van der Waals surface area (Å²) in [5.74, 6) is -1.24. The summed E-state index contributed by atoms with van der Waals surface area (Å²) in [6.45, 7) is 0. The highest BCUT2D eigenvalue weighted by molar-refractivity contribution is 9.09. The molecule has 1 atom stereocenters. The monoisotopic (exact) mass is 356 g/mol. The fraction of sp³-hybridized carbons (Fsp3) is 0.0909. The Hall–Kier alpha value is -0.160. The number of thiophene rings is 1. The highest BCUT2D eigenvalue weighted by Crippen LogP contribution is 2.42. The van der Waals surface area contributed by atoms with Gasteiger partial charge in [-0.25, -0.2) is 8.78 Å². The van der Waals surface area contributed by atoms with Gasteiger partial charge < -0.3 is 0 Å². The zero-order valence-electron chi connectivity index (χ0n) is 8.18. The lowest BCUT2D eigenvalue weighted by molar-refractivity contribution is 0.561. The first-order chi connectivity index (χ1) is 8.00. The first-order valence-electron chi connectivity index (χ1n) is 4.53. The van der Waals surface area contributed by atoms with Crippen molar-refractivity contribution in [2.75, 3.05) is 0 Å². The molecule has 1 aromatic carbocycles. The molecule has 17 heavy (non-hydrogen) atoms. The number of rotatable bonds is 2. The van der Waals surface area contributed by atoms with Crippen LogP contribution >= 0.6 is 50.5 Å². The Labute approximate surface area is 119 Å². The maximum Gasteiger partial charge on any atom is 0.130 e. The molecule has 0 aliphatic carbocycles. The summed E-state index contributed by atoms with van der Waals surface area (Å²) in [7, 11) is 0. The van der Waals surface area contributed by atoms with Gasteiger partial charge in [0.25, 0.3) is 0 Å². The lowest BCUT2D eigenvalue weighted by atomic mass is 10.1. The molecule has 1 unspecified atom stereocenters. The molecule has 0 N–H and O–H groups in total. The van der Waals surface area contributed by atoms with Crippen molar-refractivity contribution < 1.29 is 8.78 Å². The third kappa shape index (κ3) is 2.65. The van der Waals surface area contributed by atoms with E-state index in [1.165, 1.54) is 18.2 Å². The molecule has 0 aliphatic rings. The Morgan fingerprint density at radius 1 is 1.18 bits per heavy atom. The molecule has 0 nitrogen and oxygen atoms in total. The maximum absolute atomic E-state index is 13.6. The van der Waals surface area contributed by atoms with Crippen molar-refractivity contribution in [1.82, 2.24) is 0 Å². The van der Waals surface area contributed by atoms with Crippen LogP contribution in [0, 0.1) is 11.6 Å². The first-order valence-corrected chi connectivity index (χ1v) is 7.02. The normalized spacial score (nSPS) is 12.8. The molecule has 2 rings (SSSR count). The van der Waals surface area contributed by atoms with Gasteiger partial charge in [-0.2, -0.15) is 0 Å². The molecule has 0 saturated heterocycles. The largest absolute Gasteiger partial charge is 0.207 e. The van der Waals surface area contributed by atoms with Gasteiger partial charge in [-0.15, -0.1) is 11.3 Å². The third-order valence-electron chi connectivity index (χ3n) is 2.21. The van der Waals surface area contributed by atoms with Crippen LogP contribution in [0.15, 0.2) is 24.3 Å². The van der Waals surface area contributed by atoms with Crippen LogP contribution in [0.5, 0.6) is 0 Å². The molecule has 0 saturated carbocycles. The minimum atomic E-state index is -0.653. The second-order valence-corrected chi connectivity index (χ2v) is 6.48. The van der Waals surface area contributed by atoms with Gasteiger partial charge in [0.15, 0.2) is 0 Å². The number of alkyl halides is 1. The summed E-state index contributed by atoms with van der Waals surface area (Å²) in [5, 5.41) is 0. The van der Waals surface area contributed by atoms with E-state index < -0.39 is 16.5 Å². The van der Waals surface area contributed by atoms with E-state index in [4.69, 9.17) is 23.2 Å². The van der Waals surface area contributed by atoms with Crippen molar-refractivity contribution in [3.8, 4) is 0 Å². The Kier molecular flexibility index (Phi) is 4.08. The number of benzene rings is 1. The highest BCUT2D eigenvalue weighted by atomic mass is 79.9. The van der Waals surface area contributed by atoms with Gasteiger partial charge in [0.2, 0.25) is 0 Å². The second-order valence-electron chi connectivity index (χ2n) is 3.28. The van der Waals surface area contributed by atoms with Crippen LogP contribution in [-0.4, -0.2) is 0 Å². The van der Waals surface area contributed by atoms with E-state index in [2.05, 4.69) is 15.9 Å². The third-order valence-corrected chi connectivity index (χ3v) is 4.68. The summed E-state index contributed by atoms with van der Waals surface area (Å²) in [6.07, 6.45) is 0. The summed E-state index contributed by atoms with van der Waals surface area (Å²) >= 11 is 16.2. The molecule has 6 heteroatoms. The van der Waals surface area contributed by atoms with E-state index in [9.17, 15) is 8.78 Å².